The van der Waals surface area contributed by atoms with Crippen molar-refractivity contribution in [1.82, 2.24) is 0 Å². The lowest BCUT2D eigenvalue weighted by atomic mass is 10.2. The fourth-order valence-corrected chi connectivity index (χ4v) is 1.70. The molecular weight excluding hydrogens is 191 g/mol. The SMILES string of the molecule is O[C@H](CCl)c1csc(Cl)c1. The minimum atomic E-state index is -0.578. The summed E-state index contributed by atoms with van der Waals surface area (Å²) in [6.07, 6.45) is -0.578. The van der Waals surface area contributed by atoms with E-state index in [2.05, 4.69) is 0 Å². The molecule has 0 amide bonds. The molecule has 0 aliphatic rings. The van der Waals surface area contributed by atoms with Crippen LogP contribution in [-0.4, -0.2) is 11.0 Å². The molecule has 1 nitrogen and oxygen atoms in total. The Bertz CT molecular complexity index is 211. The van der Waals surface area contributed by atoms with E-state index in [1.165, 1.54) is 11.3 Å². The molecule has 0 aliphatic heterocycles. The second-order valence-corrected chi connectivity index (χ2v) is 3.71. The Morgan fingerprint density at radius 1 is 1.70 bits per heavy atom. The number of thiophene rings is 1. The number of halogens is 2. The topological polar surface area (TPSA) is 20.2 Å². The lowest BCUT2D eigenvalue weighted by Gasteiger charge is -2.00. The number of hydrogen-bond acceptors (Lipinski definition) is 2. The standard InChI is InChI=1S/C6H6Cl2OS/c7-2-5(9)4-1-6(8)10-3-4/h1,3,5,9H,2H2/t5-/m1/s1. The highest BCUT2D eigenvalue weighted by Crippen LogP contribution is 2.25. The van der Waals surface area contributed by atoms with Gasteiger partial charge in [0.05, 0.1) is 16.3 Å². The van der Waals surface area contributed by atoms with E-state index in [0.29, 0.717) is 4.34 Å². The van der Waals surface area contributed by atoms with Gasteiger partial charge in [0, 0.05) is 0 Å². The first-order chi connectivity index (χ1) is 4.74. The van der Waals surface area contributed by atoms with Crippen molar-refractivity contribution in [1.29, 1.82) is 0 Å². The van der Waals surface area contributed by atoms with E-state index in [-0.39, 0.29) is 5.88 Å². The first-order valence-electron chi connectivity index (χ1n) is 2.72. The van der Waals surface area contributed by atoms with E-state index in [1.54, 1.807) is 11.4 Å². The number of aliphatic hydroxyl groups excluding tert-OH is 1. The molecule has 0 saturated heterocycles. The average molecular weight is 197 g/mol. The first-order valence-corrected chi connectivity index (χ1v) is 4.51. The molecule has 0 radical (unpaired) electrons. The average Bonchev–Trinajstić information content (AvgIpc) is 2.34. The van der Waals surface area contributed by atoms with Crippen molar-refractivity contribution in [3.63, 3.8) is 0 Å². The van der Waals surface area contributed by atoms with Gasteiger partial charge in [0.15, 0.2) is 0 Å². The fraction of sp³-hybridized carbons (Fsp3) is 0.333. The van der Waals surface area contributed by atoms with E-state index < -0.39 is 6.10 Å². The molecular formula is C6H6Cl2OS. The summed E-state index contributed by atoms with van der Waals surface area (Å²) in [4.78, 5) is 0. The van der Waals surface area contributed by atoms with Crippen LogP contribution >= 0.6 is 34.5 Å². The second-order valence-electron chi connectivity index (χ2n) is 1.85. The zero-order valence-corrected chi connectivity index (χ0v) is 7.38. The molecule has 4 heteroatoms. The predicted octanol–water partition coefficient (Wildman–Crippen LogP) is 2.67. The Labute approximate surface area is 73.2 Å². The summed E-state index contributed by atoms with van der Waals surface area (Å²) in [6.45, 7) is 0. The maximum absolute atomic E-state index is 9.16. The van der Waals surface area contributed by atoms with Crippen LogP contribution in [0.1, 0.15) is 11.7 Å². The highest BCUT2D eigenvalue weighted by molar-refractivity contribution is 7.14. The van der Waals surface area contributed by atoms with Crippen molar-refractivity contribution in [2.75, 3.05) is 5.88 Å². The molecule has 1 heterocycles. The van der Waals surface area contributed by atoms with Crippen LogP contribution in [0.5, 0.6) is 0 Å². The molecule has 0 aromatic carbocycles. The molecule has 0 saturated carbocycles. The highest BCUT2D eigenvalue weighted by Gasteiger charge is 2.06. The van der Waals surface area contributed by atoms with Crippen molar-refractivity contribution in [3.05, 3.63) is 21.3 Å². The van der Waals surface area contributed by atoms with Crippen LogP contribution in [0.15, 0.2) is 11.4 Å². The summed E-state index contributed by atoms with van der Waals surface area (Å²) in [5.41, 5.74) is 0.796. The van der Waals surface area contributed by atoms with E-state index in [9.17, 15) is 0 Å². The van der Waals surface area contributed by atoms with Crippen LogP contribution in [0.2, 0.25) is 4.34 Å². The van der Waals surface area contributed by atoms with Gasteiger partial charge >= 0.3 is 0 Å². The van der Waals surface area contributed by atoms with Gasteiger partial charge in [-0.05, 0) is 17.0 Å². The molecule has 0 bridgehead atoms. The molecule has 1 rings (SSSR count). The molecule has 0 unspecified atom stereocenters. The quantitative estimate of drug-likeness (QED) is 0.722. The van der Waals surface area contributed by atoms with Crippen molar-refractivity contribution in [2.24, 2.45) is 0 Å². The van der Waals surface area contributed by atoms with Gasteiger partial charge in [0.25, 0.3) is 0 Å². The maximum Gasteiger partial charge on any atom is 0.0933 e. The number of alkyl halides is 1. The maximum atomic E-state index is 9.16. The van der Waals surface area contributed by atoms with E-state index in [4.69, 9.17) is 28.3 Å². The third-order valence-electron chi connectivity index (χ3n) is 1.12. The Morgan fingerprint density at radius 2 is 2.40 bits per heavy atom. The van der Waals surface area contributed by atoms with Crippen molar-refractivity contribution < 1.29 is 5.11 Å². The molecule has 0 fully saturated rings. The lowest BCUT2D eigenvalue weighted by Crippen LogP contribution is -1.95. The molecule has 56 valence electrons. The zero-order chi connectivity index (χ0) is 7.56. The summed E-state index contributed by atoms with van der Waals surface area (Å²) >= 11 is 12.4. The minimum absolute atomic E-state index is 0.215. The van der Waals surface area contributed by atoms with E-state index in [0.717, 1.165) is 5.56 Å². The van der Waals surface area contributed by atoms with Crippen LogP contribution in [0.3, 0.4) is 0 Å². The minimum Gasteiger partial charge on any atom is -0.387 e. The van der Waals surface area contributed by atoms with E-state index in [1.807, 2.05) is 0 Å². The van der Waals surface area contributed by atoms with Gasteiger partial charge in [-0.1, -0.05) is 11.6 Å². The van der Waals surface area contributed by atoms with Crippen LogP contribution in [0.25, 0.3) is 0 Å². The Morgan fingerprint density at radius 3 is 2.80 bits per heavy atom. The van der Waals surface area contributed by atoms with Gasteiger partial charge in [-0.25, -0.2) is 0 Å². The monoisotopic (exact) mass is 196 g/mol. The summed E-state index contributed by atoms with van der Waals surface area (Å²) in [5, 5.41) is 11.0. The Kier molecular flexibility index (Phi) is 2.98. The molecule has 0 spiro atoms. The summed E-state index contributed by atoms with van der Waals surface area (Å²) in [7, 11) is 0. The third-order valence-corrected chi connectivity index (χ3v) is 2.52. The predicted molar refractivity (Wildman–Crippen MR) is 45.0 cm³/mol. The van der Waals surface area contributed by atoms with Gasteiger partial charge in [0.1, 0.15) is 0 Å². The van der Waals surface area contributed by atoms with E-state index >= 15 is 0 Å². The van der Waals surface area contributed by atoms with Crippen LogP contribution < -0.4 is 0 Å². The van der Waals surface area contributed by atoms with Crippen molar-refractivity contribution >= 4 is 34.5 Å². The van der Waals surface area contributed by atoms with Gasteiger partial charge < -0.3 is 5.11 Å². The molecule has 1 aromatic rings. The van der Waals surface area contributed by atoms with Gasteiger partial charge in [-0.2, -0.15) is 0 Å². The first kappa shape index (κ1) is 8.34. The van der Waals surface area contributed by atoms with Crippen LogP contribution in [0, 0.1) is 0 Å². The molecule has 1 aromatic heterocycles. The Hall–Kier alpha value is 0.240. The zero-order valence-electron chi connectivity index (χ0n) is 5.05. The molecule has 0 aliphatic carbocycles. The van der Waals surface area contributed by atoms with Crippen LogP contribution in [0.4, 0.5) is 0 Å². The second kappa shape index (κ2) is 3.58. The molecule has 1 atom stereocenters. The number of hydrogen-bond donors (Lipinski definition) is 1. The fourth-order valence-electron chi connectivity index (χ4n) is 0.587. The lowest BCUT2D eigenvalue weighted by molar-refractivity contribution is 0.203. The number of rotatable bonds is 2. The summed E-state index contributed by atoms with van der Waals surface area (Å²) in [5.74, 6) is 0.215. The third kappa shape index (κ3) is 1.86. The van der Waals surface area contributed by atoms with Crippen molar-refractivity contribution in [2.45, 2.75) is 6.10 Å². The summed E-state index contributed by atoms with van der Waals surface area (Å²) < 4.78 is 0.680. The van der Waals surface area contributed by atoms with Gasteiger partial charge in [0.2, 0.25) is 0 Å². The number of aliphatic hydroxyl groups is 1. The molecule has 1 N–H and O–H groups in total. The van der Waals surface area contributed by atoms with Gasteiger partial charge in [-0.3, -0.25) is 0 Å². The highest BCUT2D eigenvalue weighted by atomic mass is 35.5. The normalized spacial score (nSPS) is 13.5. The smallest absolute Gasteiger partial charge is 0.0933 e. The largest absolute Gasteiger partial charge is 0.387 e. The van der Waals surface area contributed by atoms with Crippen LogP contribution in [-0.2, 0) is 0 Å². The van der Waals surface area contributed by atoms with Gasteiger partial charge in [-0.15, -0.1) is 22.9 Å². The van der Waals surface area contributed by atoms with Crippen molar-refractivity contribution in [3.8, 4) is 0 Å². The summed E-state index contributed by atoms with van der Waals surface area (Å²) in [6, 6.07) is 1.72. The molecule has 10 heavy (non-hydrogen) atoms. The Balaban J connectivity index is 2.74.